The van der Waals surface area contributed by atoms with Crippen LogP contribution in [0.4, 0.5) is 0 Å². The molecule has 8 heteroatoms. The van der Waals surface area contributed by atoms with Gasteiger partial charge < -0.3 is 15.2 Å². The van der Waals surface area contributed by atoms with E-state index in [4.69, 9.17) is 23.2 Å². The van der Waals surface area contributed by atoms with E-state index in [1.807, 2.05) is 41.4 Å². The van der Waals surface area contributed by atoms with Gasteiger partial charge in [0.25, 0.3) is 0 Å². The first-order chi connectivity index (χ1) is 13.4. The van der Waals surface area contributed by atoms with Crippen molar-refractivity contribution in [3.05, 3.63) is 69.2 Å². The van der Waals surface area contributed by atoms with Gasteiger partial charge in [-0.05, 0) is 37.6 Å². The molecule has 0 radical (unpaired) electrons. The van der Waals surface area contributed by atoms with E-state index in [1.165, 1.54) is 0 Å². The van der Waals surface area contributed by atoms with Crippen molar-refractivity contribution < 1.29 is 0 Å². The molecule has 6 nitrogen and oxygen atoms in total. The monoisotopic (exact) mass is 418 g/mol. The minimum atomic E-state index is 0.528. The summed E-state index contributed by atoms with van der Waals surface area (Å²) in [6, 6.07) is 12.1. The lowest BCUT2D eigenvalue weighted by Gasteiger charge is -2.15. The van der Waals surface area contributed by atoms with E-state index in [1.54, 1.807) is 7.05 Å². The summed E-state index contributed by atoms with van der Waals surface area (Å²) in [5.41, 5.74) is 5.25. The molecule has 0 aliphatic rings. The molecule has 0 bridgehead atoms. The van der Waals surface area contributed by atoms with Gasteiger partial charge in [0, 0.05) is 32.0 Å². The maximum atomic E-state index is 6.13. The van der Waals surface area contributed by atoms with E-state index >= 15 is 0 Å². The minimum Gasteiger partial charge on any atom is -0.352 e. The highest BCUT2D eigenvalue weighted by molar-refractivity contribution is 6.41. The first kappa shape index (κ1) is 20.3. The molecule has 2 heterocycles. The molecule has 1 aromatic carbocycles. The average molecular weight is 419 g/mol. The smallest absolute Gasteiger partial charge is 0.191 e. The summed E-state index contributed by atoms with van der Waals surface area (Å²) < 4.78 is 3.82. The fraction of sp³-hybridized carbons (Fsp3) is 0.300. The summed E-state index contributed by atoms with van der Waals surface area (Å²) in [4.78, 5) is 4.30. The van der Waals surface area contributed by atoms with Crippen molar-refractivity contribution in [3.8, 4) is 5.69 Å². The number of guanidine groups is 1. The van der Waals surface area contributed by atoms with Crippen LogP contribution in [-0.2, 0) is 20.1 Å². The lowest BCUT2D eigenvalue weighted by atomic mass is 10.1. The van der Waals surface area contributed by atoms with Crippen LogP contribution in [-0.4, -0.2) is 27.4 Å². The molecule has 0 aliphatic carbocycles. The summed E-state index contributed by atoms with van der Waals surface area (Å²) >= 11 is 12.2. The number of hydrogen-bond donors (Lipinski definition) is 2. The first-order valence-corrected chi connectivity index (χ1v) is 9.72. The predicted molar refractivity (Wildman–Crippen MR) is 116 cm³/mol. The summed E-state index contributed by atoms with van der Waals surface area (Å²) in [5, 5.41) is 12.3. The van der Waals surface area contributed by atoms with E-state index in [9.17, 15) is 0 Å². The SMILES string of the molecule is CN=C(NCc1ccccc1-n1nc(C)cc1C)NCc1cc(Cl)c(Cl)n1C. The number of aryl methyl sites for hydroxylation is 2. The van der Waals surface area contributed by atoms with E-state index in [0.717, 1.165) is 28.3 Å². The zero-order valence-electron chi connectivity index (χ0n) is 16.4. The third kappa shape index (κ3) is 4.34. The van der Waals surface area contributed by atoms with Crippen LogP contribution in [0.3, 0.4) is 0 Å². The van der Waals surface area contributed by atoms with Gasteiger partial charge in [-0.3, -0.25) is 4.99 Å². The second kappa shape index (κ2) is 8.71. The molecule has 0 saturated carbocycles. The van der Waals surface area contributed by atoms with Gasteiger partial charge >= 0.3 is 0 Å². The second-order valence-corrected chi connectivity index (χ2v) is 7.35. The number of para-hydroxylation sites is 1. The Bertz CT molecular complexity index is 1000. The van der Waals surface area contributed by atoms with Gasteiger partial charge in [-0.1, -0.05) is 41.4 Å². The van der Waals surface area contributed by atoms with Gasteiger partial charge in [0.2, 0.25) is 0 Å². The molecule has 2 N–H and O–H groups in total. The number of rotatable bonds is 5. The van der Waals surface area contributed by atoms with Gasteiger partial charge in [-0.25, -0.2) is 4.68 Å². The van der Waals surface area contributed by atoms with Crippen molar-refractivity contribution in [2.45, 2.75) is 26.9 Å². The van der Waals surface area contributed by atoms with Crippen molar-refractivity contribution in [1.82, 2.24) is 25.0 Å². The second-order valence-electron chi connectivity index (χ2n) is 6.58. The topological polar surface area (TPSA) is 59.2 Å². The summed E-state index contributed by atoms with van der Waals surface area (Å²) in [6.07, 6.45) is 0. The third-order valence-corrected chi connectivity index (χ3v) is 5.39. The number of aliphatic imine (C=N–C) groups is 1. The van der Waals surface area contributed by atoms with E-state index < -0.39 is 0 Å². The van der Waals surface area contributed by atoms with Crippen LogP contribution in [0.2, 0.25) is 10.2 Å². The van der Waals surface area contributed by atoms with Gasteiger partial charge in [0.1, 0.15) is 5.15 Å². The number of nitrogens with one attached hydrogen (secondary N) is 2. The molecule has 0 atom stereocenters. The minimum absolute atomic E-state index is 0.528. The summed E-state index contributed by atoms with van der Waals surface area (Å²) in [6.45, 7) is 5.23. The molecule has 3 aromatic rings. The number of hydrogen-bond acceptors (Lipinski definition) is 2. The number of aromatic nitrogens is 3. The predicted octanol–water partition coefficient (Wildman–Crippen LogP) is 4.00. The molecule has 0 fully saturated rings. The lowest BCUT2D eigenvalue weighted by Crippen LogP contribution is -2.37. The molecule has 0 aliphatic heterocycles. The Balaban J connectivity index is 1.69. The van der Waals surface area contributed by atoms with Crippen LogP contribution >= 0.6 is 23.2 Å². The van der Waals surface area contributed by atoms with Crippen molar-refractivity contribution in [1.29, 1.82) is 0 Å². The Morgan fingerprint density at radius 3 is 2.43 bits per heavy atom. The molecule has 3 rings (SSSR count). The Hall–Kier alpha value is -2.44. The van der Waals surface area contributed by atoms with E-state index in [-0.39, 0.29) is 0 Å². The highest BCUT2D eigenvalue weighted by Gasteiger charge is 2.11. The normalized spacial score (nSPS) is 11.7. The molecular weight excluding hydrogens is 395 g/mol. The van der Waals surface area contributed by atoms with E-state index in [0.29, 0.717) is 29.2 Å². The number of halogens is 2. The molecule has 148 valence electrons. The van der Waals surface area contributed by atoms with Gasteiger partial charge in [0.05, 0.1) is 22.9 Å². The fourth-order valence-electron chi connectivity index (χ4n) is 3.07. The fourth-order valence-corrected chi connectivity index (χ4v) is 3.49. The van der Waals surface area contributed by atoms with Gasteiger partial charge in [-0.2, -0.15) is 5.10 Å². The Morgan fingerprint density at radius 2 is 1.82 bits per heavy atom. The maximum absolute atomic E-state index is 6.13. The largest absolute Gasteiger partial charge is 0.352 e. The molecule has 28 heavy (non-hydrogen) atoms. The first-order valence-electron chi connectivity index (χ1n) is 8.96. The van der Waals surface area contributed by atoms with Crippen molar-refractivity contribution in [2.75, 3.05) is 7.05 Å². The van der Waals surface area contributed by atoms with Crippen LogP contribution < -0.4 is 10.6 Å². The maximum Gasteiger partial charge on any atom is 0.191 e. The summed E-state index contributed by atoms with van der Waals surface area (Å²) in [7, 11) is 3.62. The molecule has 0 saturated heterocycles. The lowest BCUT2D eigenvalue weighted by molar-refractivity contribution is 0.745. The highest BCUT2D eigenvalue weighted by atomic mass is 35.5. The Kier molecular flexibility index (Phi) is 6.31. The van der Waals surface area contributed by atoms with Gasteiger partial charge in [0.15, 0.2) is 5.96 Å². The third-order valence-electron chi connectivity index (χ3n) is 4.55. The van der Waals surface area contributed by atoms with Crippen LogP contribution in [0.25, 0.3) is 5.69 Å². The molecule has 0 amide bonds. The number of benzene rings is 1. The van der Waals surface area contributed by atoms with Crippen molar-refractivity contribution in [3.63, 3.8) is 0 Å². The van der Waals surface area contributed by atoms with Crippen molar-refractivity contribution >= 4 is 29.2 Å². The van der Waals surface area contributed by atoms with Crippen LogP contribution in [0, 0.1) is 13.8 Å². The molecular formula is C20H24Cl2N6. The zero-order valence-corrected chi connectivity index (χ0v) is 17.9. The standard InChI is InChI=1S/C20H24Cl2N6/c1-13-9-14(2)28(26-13)18-8-6-5-7-15(18)11-24-20(23-3)25-12-16-10-17(21)19(22)27(16)4/h5-10H,11-12H2,1-4H3,(H2,23,24,25). The molecule has 0 unspecified atom stereocenters. The zero-order chi connectivity index (χ0) is 20.3. The van der Waals surface area contributed by atoms with Crippen LogP contribution in [0.15, 0.2) is 41.4 Å². The highest BCUT2D eigenvalue weighted by Crippen LogP contribution is 2.25. The van der Waals surface area contributed by atoms with Crippen LogP contribution in [0.1, 0.15) is 22.6 Å². The number of nitrogens with zero attached hydrogens (tertiary/aromatic N) is 4. The average Bonchev–Trinajstić information content (AvgIpc) is 3.15. The van der Waals surface area contributed by atoms with Crippen molar-refractivity contribution in [2.24, 2.45) is 12.0 Å². The Morgan fingerprint density at radius 1 is 1.11 bits per heavy atom. The van der Waals surface area contributed by atoms with Crippen LogP contribution in [0.5, 0.6) is 0 Å². The molecule has 2 aromatic heterocycles. The molecule has 0 spiro atoms. The quantitative estimate of drug-likeness (QED) is 0.486. The van der Waals surface area contributed by atoms with E-state index in [2.05, 4.69) is 45.8 Å². The Labute approximate surface area is 175 Å². The summed E-state index contributed by atoms with van der Waals surface area (Å²) in [5.74, 6) is 0.691. The van der Waals surface area contributed by atoms with Gasteiger partial charge in [-0.15, -0.1) is 0 Å².